The van der Waals surface area contributed by atoms with Crippen molar-refractivity contribution in [3.63, 3.8) is 0 Å². The third-order valence-electron chi connectivity index (χ3n) is 5.20. The van der Waals surface area contributed by atoms with Gasteiger partial charge in [0, 0.05) is 23.2 Å². The highest BCUT2D eigenvalue weighted by molar-refractivity contribution is 6.06. The number of ether oxygens (including phenoxy) is 2. The van der Waals surface area contributed by atoms with Crippen LogP contribution < -0.4 is 14.9 Å². The Morgan fingerprint density at radius 3 is 2.60 bits per heavy atom. The molecule has 0 saturated heterocycles. The summed E-state index contributed by atoms with van der Waals surface area (Å²) in [6, 6.07) is 20.5. The Hall–Kier alpha value is -4.79. The monoisotopic (exact) mass is 470 g/mol. The van der Waals surface area contributed by atoms with Crippen LogP contribution in [0.4, 0.5) is 5.69 Å². The van der Waals surface area contributed by atoms with Crippen molar-refractivity contribution in [2.45, 2.75) is 13.5 Å². The second kappa shape index (κ2) is 10.4. The molecule has 0 fully saturated rings. The molecule has 9 nitrogen and oxygen atoms in total. The molecule has 0 saturated carbocycles. The lowest BCUT2D eigenvalue weighted by Crippen LogP contribution is -2.18. The van der Waals surface area contributed by atoms with E-state index in [0.29, 0.717) is 22.6 Å². The van der Waals surface area contributed by atoms with E-state index in [1.165, 1.54) is 25.5 Å². The van der Waals surface area contributed by atoms with Gasteiger partial charge in [0.2, 0.25) is 0 Å². The quantitative estimate of drug-likeness (QED) is 0.225. The summed E-state index contributed by atoms with van der Waals surface area (Å²) < 4.78 is 11.2. The SMILES string of the molecule is COc1ccc(/C=N/NC(=O)c2cc(C)nc3ccccc23)cc1OCc1ccc([N+](=O)[O-])cc1. The van der Waals surface area contributed by atoms with Crippen LogP contribution in [-0.2, 0) is 6.61 Å². The lowest BCUT2D eigenvalue weighted by molar-refractivity contribution is -0.384. The van der Waals surface area contributed by atoms with E-state index in [9.17, 15) is 14.9 Å². The molecule has 35 heavy (non-hydrogen) atoms. The van der Waals surface area contributed by atoms with Crippen LogP contribution in [0.25, 0.3) is 10.9 Å². The molecule has 0 atom stereocenters. The number of methoxy groups -OCH3 is 1. The van der Waals surface area contributed by atoms with Gasteiger partial charge in [-0.25, -0.2) is 5.43 Å². The van der Waals surface area contributed by atoms with Crippen LogP contribution in [0, 0.1) is 17.0 Å². The fraction of sp³-hybridized carbons (Fsp3) is 0.115. The summed E-state index contributed by atoms with van der Waals surface area (Å²) in [6.07, 6.45) is 1.51. The van der Waals surface area contributed by atoms with Crippen LogP contribution in [0.1, 0.15) is 27.2 Å². The van der Waals surface area contributed by atoms with Crippen molar-refractivity contribution in [2.24, 2.45) is 5.10 Å². The molecule has 1 aromatic heterocycles. The van der Waals surface area contributed by atoms with Crippen molar-refractivity contribution in [3.8, 4) is 11.5 Å². The molecule has 1 N–H and O–H groups in total. The van der Waals surface area contributed by atoms with Crippen LogP contribution in [0.2, 0.25) is 0 Å². The number of nitrogens with zero attached hydrogens (tertiary/aromatic N) is 3. The number of rotatable bonds is 8. The number of hydrazone groups is 1. The molecule has 0 spiro atoms. The number of hydrogen-bond donors (Lipinski definition) is 1. The second-order valence-electron chi connectivity index (χ2n) is 7.65. The molecule has 0 aliphatic carbocycles. The molecule has 0 unspecified atom stereocenters. The number of para-hydroxylation sites is 1. The minimum absolute atomic E-state index is 0.0153. The Balaban J connectivity index is 1.46. The van der Waals surface area contributed by atoms with Gasteiger partial charge in [0.25, 0.3) is 11.6 Å². The topological polar surface area (TPSA) is 116 Å². The number of carbonyl (C=O) groups excluding carboxylic acids is 1. The van der Waals surface area contributed by atoms with E-state index >= 15 is 0 Å². The van der Waals surface area contributed by atoms with Crippen LogP contribution in [0.5, 0.6) is 11.5 Å². The third-order valence-corrected chi connectivity index (χ3v) is 5.20. The number of aryl methyl sites for hydroxylation is 1. The summed E-state index contributed by atoms with van der Waals surface area (Å²) >= 11 is 0. The molecule has 0 aliphatic rings. The molecule has 4 rings (SSSR count). The molecule has 3 aromatic carbocycles. The van der Waals surface area contributed by atoms with E-state index in [2.05, 4.69) is 15.5 Å². The highest BCUT2D eigenvalue weighted by Gasteiger charge is 2.11. The maximum Gasteiger partial charge on any atom is 0.272 e. The average molecular weight is 470 g/mol. The number of aromatic nitrogens is 1. The Kier molecular flexibility index (Phi) is 6.96. The van der Waals surface area contributed by atoms with E-state index in [1.54, 1.807) is 36.4 Å². The van der Waals surface area contributed by atoms with Crippen LogP contribution in [-0.4, -0.2) is 29.1 Å². The van der Waals surface area contributed by atoms with Gasteiger partial charge in [0.15, 0.2) is 11.5 Å². The van der Waals surface area contributed by atoms with Crippen molar-refractivity contribution in [2.75, 3.05) is 7.11 Å². The molecular formula is C26H22N4O5. The first-order valence-electron chi connectivity index (χ1n) is 10.7. The standard InChI is InChI=1S/C26H22N4O5/c1-17-13-22(21-5-3-4-6-23(21)28-17)26(31)29-27-15-19-9-12-24(34-2)25(14-19)35-16-18-7-10-20(11-8-18)30(32)33/h3-15H,16H2,1-2H3,(H,29,31)/b27-15+. The van der Waals surface area contributed by atoms with Gasteiger partial charge in [0.05, 0.1) is 29.3 Å². The van der Waals surface area contributed by atoms with E-state index in [0.717, 1.165) is 22.2 Å². The number of fused-ring (bicyclic) bond motifs is 1. The predicted octanol–water partition coefficient (Wildman–Crippen LogP) is 4.80. The van der Waals surface area contributed by atoms with Crippen molar-refractivity contribution in [3.05, 3.63) is 105 Å². The average Bonchev–Trinajstić information content (AvgIpc) is 2.87. The van der Waals surface area contributed by atoms with Gasteiger partial charge in [-0.1, -0.05) is 18.2 Å². The van der Waals surface area contributed by atoms with Gasteiger partial charge in [0.1, 0.15) is 6.61 Å². The van der Waals surface area contributed by atoms with Gasteiger partial charge in [-0.15, -0.1) is 0 Å². The van der Waals surface area contributed by atoms with E-state index in [-0.39, 0.29) is 18.2 Å². The number of hydrogen-bond acceptors (Lipinski definition) is 7. The zero-order chi connectivity index (χ0) is 24.8. The summed E-state index contributed by atoms with van der Waals surface area (Å²) in [5.41, 5.74) is 6.00. The number of carbonyl (C=O) groups is 1. The van der Waals surface area contributed by atoms with Crippen molar-refractivity contribution in [1.82, 2.24) is 10.4 Å². The second-order valence-corrected chi connectivity index (χ2v) is 7.65. The molecule has 4 aromatic rings. The van der Waals surface area contributed by atoms with E-state index in [1.807, 2.05) is 31.2 Å². The first-order valence-corrected chi connectivity index (χ1v) is 10.7. The van der Waals surface area contributed by atoms with Crippen LogP contribution in [0.15, 0.2) is 77.9 Å². The fourth-order valence-electron chi connectivity index (χ4n) is 3.48. The largest absolute Gasteiger partial charge is 0.493 e. The molecule has 0 radical (unpaired) electrons. The Bertz CT molecular complexity index is 1420. The van der Waals surface area contributed by atoms with Crippen molar-refractivity contribution >= 4 is 28.7 Å². The lowest BCUT2D eigenvalue weighted by Gasteiger charge is -2.11. The number of nitro groups is 1. The first kappa shape index (κ1) is 23.4. The van der Waals surface area contributed by atoms with Crippen molar-refractivity contribution in [1.29, 1.82) is 0 Å². The van der Waals surface area contributed by atoms with Gasteiger partial charge in [-0.2, -0.15) is 5.10 Å². The molecule has 1 amide bonds. The summed E-state index contributed by atoms with van der Waals surface area (Å²) in [6.45, 7) is 2.03. The van der Waals surface area contributed by atoms with Crippen LogP contribution >= 0.6 is 0 Å². The molecule has 9 heteroatoms. The minimum atomic E-state index is -0.451. The zero-order valence-corrected chi connectivity index (χ0v) is 19.1. The highest BCUT2D eigenvalue weighted by Crippen LogP contribution is 2.28. The highest BCUT2D eigenvalue weighted by atomic mass is 16.6. The zero-order valence-electron chi connectivity index (χ0n) is 19.1. The lowest BCUT2D eigenvalue weighted by atomic mass is 10.1. The number of pyridine rings is 1. The smallest absolute Gasteiger partial charge is 0.272 e. The number of amides is 1. The third kappa shape index (κ3) is 5.59. The van der Waals surface area contributed by atoms with E-state index < -0.39 is 4.92 Å². The molecule has 176 valence electrons. The van der Waals surface area contributed by atoms with Gasteiger partial charge >= 0.3 is 0 Å². The van der Waals surface area contributed by atoms with E-state index in [4.69, 9.17) is 9.47 Å². The summed E-state index contributed by atoms with van der Waals surface area (Å²) in [5.74, 6) is 0.648. The van der Waals surface area contributed by atoms with Crippen molar-refractivity contribution < 1.29 is 19.2 Å². The molecule has 0 aliphatic heterocycles. The van der Waals surface area contributed by atoms with Gasteiger partial charge in [-0.05, 0) is 60.5 Å². The first-order chi connectivity index (χ1) is 16.9. The molecule has 0 bridgehead atoms. The van der Waals surface area contributed by atoms with Gasteiger partial charge in [-0.3, -0.25) is 19.9 Å². The minimum Gasteiger partial charge on any atom is -0.493 e. The molecular weight excluding hydrogens is 448 g/mol. The number of nitro benzene ring substituents is 1. The summed E-state index contributed by atoms with van der Waals surface area (Å²) in [7, 11) is 1.53. The Morgan fingerprint density at radius 1 is 1.09 bits per heavy atom. The summed E-state index contributed by atoms with van der Waals surface area (Å²) in [4.78, 5) is 27.6. The van der Waals surface area contributed by atoms with Gasteiger partial charge < -0.3 is 9.47 Å². The van der Waals surface area contributed by atoms with Crippen LogP contribution in [0.3, 0.4) is 0 Å². The normalized spacial score (nSPS) is 10.9. The number of nitrogens with one attached hydrogen (secondary N) is 1. The fourth-order valence-corrected chi connectivity index (χ4v) is 3.48. The maximum atomic E-state index is 12.8. The number of benzene rings is 3. The summed E-state index contributed by atoms with van der Waals surface area (Å²) in [5, 5.41) is 15.6. The number of non-ortho nitro benzene ring substituents is 1. The molecule has 1 heterocycles. The Labute approximate surface area is 201 Å². The Morgan fingerprint density at radius 2 is 1.86 bits per heavy atom. The predicted molar refractivity (Wildman–Crippen MR) is 132 cm³/mol. The maximum absolute atomic E-state index is 12.8.